The lowest BCUT2D eigenvalue weighted by molar-refractivity contribution is -0.129. The standard InChI is InChI=1S/C16H22N4O2/c1-2-3-8-16(18-19-16)9-7-14(21)17-12-11-15(22)20-10-5-4-6-13(12)20/h1,12-13H,3-11H2,(H,17,21). The number of hydrogen-bond acceptors (Lipinski definition) is 4. The summed E-state index contributed by atoms with van der Waals surface area (Å²) in [5.41, 5.74) is -0.411. The first-order chi connectivity index (χ1) is 10.6. The number of fused-ring (bicyclic) bond motifs is 1. The molecule has 2 fully saturated rings. The fourth-order valence-corrected chi connectivity index (χ4v) is 3.53. The number of amides is 2. The zero-order valence-electron chi connectivity index (χ0n) is 12.8. The Balaban J connectivity index is 1.46. The molecule has 6 heteroatoms. The molecule has 118 valence electrons. The molecule has 0 aromatic heterocycles. The summed E-state index contributed by atoms with van der Waals surface area (Å²) in [4.78, 5) is 26.1. The molecule has 0 saturated carbocycles. The minimum atomic E-state index is -0.411. The maximum atomic E-state index is 12.2. The molecule has 1 N–H and O–H groups in total. The van der Waals surface area contributed by atoms with Crippen LogP contribution in [0.15, 0.2) is 10.2 Å². The van der Waals surface area contributed by atoms with E-state index >= 15 is 0 Å². The molecule has 0 aliphatic carbocycles. The molecule has 3 aliphatic rings. The van der Waals surface area contributed by atoms with Crippen molar-refractivity contribution in [3.8, 4) is 12.3 Å². The van der Waals surface area contributed by atoms with Crippen LogP contribution in [0.3, 0.4) is 0 Å². The van der Waals surface area contributed by atoms with Crippen LogP contribution in [0.5, 0.6) is 0 Å². The van der Waals surface area contributed by atoms with Crippen molar-refractivity contribution < 1.29 is 9.59 Å². The topological polar surface area (TPSA) is 74.1 Å². The van der Waals surface area contributed by atoms with E-state index in [4.69, 9.17) is 6.42 Å². The summed E-state index contributed by atoms with van der Waals surface area (Å²) in [6, 6.07) is 0.158. The van der Waals surface area contributed by atoms with Crippen LogP contribution in [0.1, 0.15) is 51.4 Å². The van der Waals surface area contributed by atoms with Gasteiger partial charge in [-0.05, 0) is 19.3 Å². The molecule has 0 aromatic carbocycles. The monoisotopic (exact) mass is 302 g/mol. The Labute approximate surface area is 130 Å². The predicted octanol–water partition coefficient (Wildman–Crippen LogP) is 1.61. The highest BCUT2D eigenvalue weighted by Crippen LogP contribution is 2.37. The van der Waals surface area contributed by atoms with Crippen molar-refractivity contribution >= 4 is 11.8 Å². The Kier molecular flexibility index (Phi) is 4.14. The lowest BCUT2D eigenvalue weighted by atomic mass is 9.98. The summed E-state index contributed by atoms with van der Waals surface area (Å²) in [6.07, 6.45) is 11.2. The van der Waals surface area contributed by atoms with Crippen molar-refractivity contribution in [1.82, 2.24) is 10.2 Å². The Morgan fingerprint density at radius 2 is 2.23 bits per heavy atom. The lowest BCUT2D eigenvalue weighted by Crippen LogP contribution is -2.47. The molecule has 0 aromatic rings. The molecule has 0 radical (unpaired) electrons. The quantitative estimate of drug-likeness (QED) is 0.757. The van der Waals surface area contributed by atoms with E-state index in [9.17, 15) is 9.59 Å². The van der Waals surface area contributed by atoms with Crippen molar-refractivity contribution in [3.63, 3.8) is 0 Å². The maximum Gasteiger partial charge on any atom is 0.225 e. The molecule has 2 unspecified atom stereocenters. The van der Waals surface area contributed by atoms with Crippen LogP contribution in [0.25, 0.3) is 0 Å². The molecular weight excluding hydrogens is 280 g/mol. The highest BCUT2D eigenvalue weighted by atomic mass is 16.2. The molecule has 0 bridgehead atoms. The van der Waals surface area contributed by atoms with Crippen LogP contribution >= 0.6 is 0 Å². The third-order valence-electron chi connectivity index (χ3n) is 4.88. The average Bonchev–Trinajstić information content (AvgIpc) is 3.24. The van der Waals surface area contributed by atoms with E-state index in [0.717, 1.165) is 32.2 Å². The van der Waals surface area contributed by atoms with Crippen LogP contribution in [-0.2, 0) is 9.59 Å². The highest BCUT2D eigenvalue weighted by molar-refractivity contribution is 5.83. The van der Waals surface area contributed by atoms with Gasteiger partial charge in [0.1, 0.15) is 0 Å². The second-order valence-corrected chi connectivity index (χ2v) is 6.41. The number of nitrogens with zero attached hydrogens (tertiary/aromatic N) is 3. The number of piperidine rings is 1. The summed E-state index contributed by atoms with van der Waals surface area (Å²) in [6.45, 7) is 0.836. The molecule has 2 atom stereocenters. The molecule has 6 nitrogen and oxygen atoms in total. The fraction of sp³-hybridized carbons (Fsp3) is 0.750. The van der Waals surface area contributed by atoms with Crippen LogP contribution in [-0.4, -0.2) is 41.0 Å². The van der Waals surface area contributed by atoms with E-state index in [-0.39, 0.29) is 23.9 Å². The van der Waals surface area contributed by atoms with Gasteiger partial charge in [0, 0.05) is 38.6 Å². The predicted molar refractivity (Wildman–Crippen MR) is 80.8 cm³/mol. The van der Waals surface area contributed by atoms with Crippen LogP contribution < -0.4 is 5.32 Å². The Hall–Kier alpha value is -1.90. The summed E-state index contributed by atoms with van der Waals surface area (Å²) >= 11 is 0. The van der Waals surface area contributed by atoms with Crippen molar-refractivity contribution in [2.45, 2.75) is 69.1 Å². The smallest absolute Gasteiger partial charge is 0.225 e. The minimum absolute atomic E-state index is 0.0115. The molecular formula is C16H22N4O2. The molecule has 3 heterocycles. The number of terminal acetylenes is 1. The Morgan fingerprint density at radius 3 is 2.95 bits per heavy atom. The third kappa shape index (κ3) is 3.13. The minimum Gasteiger partial charge on any atom is -0.351 e. The molecule has 3 rings (SSSR count). The van der Waals surface area contributed by atoms with Gasteiger partial charge in [-0.15, -0.1) is 12.3 Å². The lowest BCUT2D eigenvalue weighted by Gasteiger charge is -2.32. The first kappa shape index (κ1) is 15.0. The van der Waals surface area contributed by atoms with E-state index in [1.54, 1.807) is 0 Å². The number of hydrogen-bond donors (Lipinski definition) is 1. The molecule has 3 aliphatic heterocycles. The first-order valence-corrected chi connectivity index (χ1v) is 8.10. The second-order valence-electron chi connectivity index (χ2n) is 6.41. The third-order valence-corrected chi connectivity index (χ3v) is 4.88. The van der Waals surface area contributed by atoms with Gasteiger partial charge in [-0.2, -0.15) is 10.2 Å². The van der Waals surface area contributed by atoms with Crippen LogP contribution in [0.2, 0.25) is 0 Å². The van der Waals surface area contributed by atoms with Crippen LogP contribution in [0, 0.1) is 12.3 Å². The number of nitrogens with one attached hydrogen (secondary N) is 1. The molecule has 0 spiro atoms. The van der Waals surface area contributed by atoms with Gasteiger partial charge in [0.05, 0.1) is 12.1 Å². The molecule has 22 heavy (non-hydrogen) atoms. The van der Waals surface area contributed by atoms with Gasteiger partial charge in [0.2, 0.25) is 11.8 Å². The fourth-order valence-electron chi connectivity index (χ4n) is 3.53. The normalized spacial score (nSPS) is 28.1. The maximum absolute atomic E-state index is 12.2. The summed E-state index contributed by atoms with van der Waals surface area (Å²) in [7, 11) is 0. The number of carbonyl (C=O) groups is 2. The average molecular weight is 302 g/mol. The second kappa shape index (κ2) is 6.07. The Morgan fingerprint density at radius 1 is 1.41 bits per heavy atom. The summed E-state index contributed by atoms with van der Waals surface area (Å²) in [5.74, 6) is 2.74. The zero-order valence-corrected chi connectivity index (χ0v) is 12.8. The number of carbonyl (C=O) groups excluding carboxylic acids is 2. The Bertz CT molecular complexity index is 531. The van der Waals surface area contributed by atoms with E-state index in [0.29, 0.717) is 25.7 Å². The molecule has 2 amide bonds. The van der Waals surface area contributed by atoms with Crippen LogP contribution in [0.4, 0.5) is 0 Å². The zero-order chi connectivity index (χ0) is 15.6. The van der Waals surface area contributed by atoms with Gasteiger partial charge in [-0.3, -0.25) is 9.59 Å². The van der Waals surface area contributed by atoms with E-state index in [1.807, 2.05) is 4.90 Å². The molecule has 2 saturated heterocycles. The van der Waals surface area contributed by atoms with Crippen molar-refractivity contribution in [2.75, 3.05) is 6.54 Å². The van der Waals surface area contributed by atoms with Gasteiger partial charge in [-0.25, -0.2) is 0 Å². The van der Waals surface area contributed by atoms with E-state index in [2.05, 4.69) is 21.5 Å². The SMILES string of the molecule is C#CCCC1(CCC(=O)NC2CC(=O)N3CCCCC23)N=N1. The van der Waals surface area contributed by atoms with Crippen molar-refractivity contribution in [3.05, 3.63) is 0 Å². The summed E-state index contributed by atoms with van der Waals surface area (Å²) in [5, 5.41) is 11.1. The highest BCUT2D eigenvalue weighted by Gasteiger charge is 2.42. The van der Waals surface area contributed by atoms with E-state index < -0.39 is 5.66 Å². The van der Waals surface area contributed by atoms with Gasteiger partial charge >= 0.3 is 0 Å². The number of rotatable bonds is 6. The van der Waals surface area contributed by atoms with Gasteiger partial charge in [-0.1, -0.05) is 0 Å². The van der Waals surface area contributed by atoms with Crippen molar-refractivity contribution in [2.24, 2.45) is 10.2 Å². The largest absolute Gasteiger partial charge is 0.351 e. The van der Waals surface area contributed by atoms with Gasteiger partial charge in [0.15, 0.2) is 5.66 Å². The first-order valence-electron chi connectivity index (χ1n) is 8.10. The van der Waals surface area contributed by atoms with E-state index in [1.165, 1.54) is 0 Å². The van der Waals surface area contributed by atoms with Crippen molar-refractivity contribution in [1.29, 1.82) is 0 Å². The van der Waals surface area contributed by atoms with Gasteiger partial charge in [0.25, 0.3) is 0 Å². The van der Waals surface area contributed by atoms with Gasteiger partial charge < -0.3 is 10.2 Å². The summed E-state index contributed by atoms with van der Waals surface area (Å²) < 4.78 is 0.